The summed E-state index contributed by atoms with van der Waals surface area (Å²) in [6.45, 7) is 0. The van der Waals surface area contributed by atoms with Gasteiger partial charge in [0.1, 0.15) is 5.15 Å². The standard InChI is InChI=1S/C9H4BrCl2N/c10-8-6(11)3-1-5-2-4-7(12)13-9(5)8/h1-4H. The van der Waals surface area contributed by atoms with Crippen molar-refractivity contribution in [3.8, 4) is 0 Å². The second kappa shape index (κ2) is 3.45. The molecule has 0 saturated heterocycles. The molecule has 0 amide bonds. The average Bonchev–Trinajstić information content (AvgIpc) is 2.12. The van der Waals surface area contributed by atoms with Crippen LogP contribution in [-0.4, -0.2) is 4.98 Å². The van der Waals surface area contributed by atoms with Gasteiger partial charge in [-0.25, -0.2) is 4.98 Å². The van der Waals surface area contributed by atoms with Gasteiger partial charge in [0.05, 0.1) is 15.0 Å². The van der Waals surface area contributed by atoms with E-state index in [2.05, 4.69) is 20.9 Å². The summed E-state index contributed by atoms with van der Waals surface area (Å²) in [6, 6.07) is 7.39. The van der Waals surface area contributed by atoms with Crippen molar-refractivity contribution in [1.29, 1.82) is 0 Å². The van der Waals surface area contributed by atoms with E-state index in [1.807, 2.05) is 18.2 Å². The summed E-state index contributed by atoms with van der Waals surface area (Å²) in [5.41, 5.74) is 0.792. The van der Waals surface area contributed by atoms with Crippen molar-refractivity contribution in [1.82, 2.24) is 4.98 Å². The lowest BCUT2D eigenvalue weighted by atomic mass is 10.2. The second-order valence-corrected chi connectivity index (χ2v) is 4.15. The molecule has 66 valence electrons. The monoisotopic (exact) mass is 275 g/mol. The number of halogens is 3. The molecular weight excluding hydrogens is 273 g/mol. The van der Waals surface area contributed by atoms with Crippen LogP contribution in [-0.2, 0) is 0 Å². The number of rotatable bonds is 0. The van der Waals surface area contributed by atoms with Crippen LogP contribution in [0.25, 0.3) is 10.9 Å². The van der Waals surface area contributed by atoms with Gasteiger partial charge in [-0.05, 0) is 34.1 Å². The SMILES string of the molecule is Clc1ccc2ccc(Cl)c(Br)c2n1. The van der Waals surface area contributed by atoms with Crippen molar-refractivity contribution in [3.05, 3.63) is 38.9 Å². The highest BCUT2D eigenvalue weighted by Crippen LogP contribution is 2.30. The third kappa shape index (κ3) is 1.66. The predicted molar refractivity (Wildman–Crippen MR) is 59.5 cm³/mol. The Balaban J connectivity index is 2.89. The number of aromatic nitrogens is 1. The summed E-state index contributed by atoms with van der Waals surface area (Å²) < 4.78 is 0.786. The van der Waals surface area contributed by atoms with Crippen molar-refractivity contribution >= 4 is 50.0 Å². The van der Waals surface area contributed by atoms with Crippen LogP contribution in [0.3, 0.4) is 0 Å². The van der Waals surface area contributed by atoms with Crippen LogP contribution < -0.4 is 0 Å². The highest BCUT2D eigenvalue weighted by atomic mass is 79.9. The van der Waals surface area contributed by atoms with Gasteiger partial charge in [0.25, 0.3) is 0 Å². The maximum Gasteiger partial charge on any atom is 0.129 e. The van der Waals surface area contributed by atoms with Crippen LogP contribution in [0.1, 0.15) is 0 Å². The minimum Gasteiger partial charge on any atom is -0.235 e. The molecule has 13 heavy (non-hydrogen) atoms. The largest absolute Gasteiger partial charge is 0.235 e. The van der Waals surface area contributed by atoms with Gasteiger partial charge < -0.3 is 0 Å². The molecule has 0 saturated carbocycles. The van der Waals surface area contributed by atoms with Crippen LogP contribution >= 0.6 is 39.1 Å². The Morgan fingerprint density at radius 3 is 2.54 bits per heavy atom. The van der Waals surface area contributed by atoms with Gasteiger partial charge in [-0.3, -0.25) is 0 Å². The number of fused-ring (bicyclic) bond motifs is 1. The van der Waals surface area contributed by atoms with Crippen molar-refractivity contribution in [3.63, 3.8) is 0 Å². The number of hydrogen-bond acceptors (Lipinski definition) is 1. The molecular formula is C9H4BrCl2N. The first-order valence-corrected chi connectivity index (χ1v) is 5.13. The molecule has 0 aliphatic heterocycles. The van der Waals surface area contributed by atoms with Crippen molar-refractivity contribution in [2.24, 2.45) is 0 Å². The molecule has 2 rings (SSSR count). The number of hydrogen-bond donors (Lipinski definition) is 0. The Morgan fingerprint density at radius 2 is 1.77 bits per heavy atom. The molecule has 0 bridgehead atoms. The van der Waals surface area contributed by atoms with Crippen LogP contribution in [0.5, 0.6) is 0 Å². The van der Waals surface area contributed by atoms with E-state index in [1.165, 1.54) is 0 Å². The fraction of sp³-hybridized carbons (Fsp3) is 0. The smallest absolute Gasteiger partial charge is 0.129 e. The second-order valence-electron chi connectivity index (χ2n) is 2.57. The minimum atomic E-state index is 0.468. The molecule has 1 heterocycles. The lowest BCUT2D eigenvalue weighted by molar-refractivity contribution is 1.40. The molecule has 1 aromatic carbocycles. The fourth-order valence-corrected chi connectivity index (χ4v) is 1.86. The molecule has 0 spiro atoms. The first-order chi connectivity index (χ1) is 6.18. The zero-order valence-corrected chi connectivity index (χ0v) is 9.49. The topological polar surface area (TPSA) is 12.9 Å². The van der Waals surface area contributed by atoms with E-state index >= 15 is 0 Å². The summed E-state index contributed by atoms with van der Waals surface area (Å²) in [7, 11) is 0. The van der Waals surface area contributed by atoms with Crippen molar-refractivity contribution in [2.75, 3.05) is 0 Å². The lowest BCUT2D eigenvalue weighted by Gasteiger charge is -2.01. The van der Waals surface area contributed by atoms with Gasteiger partial charge in [0.15, 0.2) is 0 Å². The normalized spacial score (nSPS) is 10.7. The predicted octanol–water partition coefficient (Wildman–Crippen LogP) is 4.30. The Morgan fingerprint density at radius 1 is 1.08 bits per heavy atom. The van der Waals surface area contributed by atoms with E-state index in [9.17, 15) is 0 Å². The summed E-state index contributed by atoms with van der Waals surface area (Å²) in [6.07, 6.45) is 0. The zero-order valence-electron chi connectivity index (χ0n) is 6.39. The molecule has 0 radical (unpaired) electrons. The third-order valence-electron chi connectivity index (χ3n) is 1.72. The van der Waals surface area contributed by atoms with Crippen LogP contribution in [0.2, 0.25) is 10.2 Å². The number of pyridine rings is 1. The third-order valence-corrected chi connectivity index (χ3v) is 3.28. The first-order valence-electron chi connectivity index (χ1n) is 3.59. The highest BCUT2D eigenvalue weighted by molar-refractivity contribution is 9.10. The Hall–Kier alpha value is -0.310. The fourth-order valence-electron chi connectivity index (χ4n) is 1.11. The van der Waals surface area contributed by atoms with Crippen molar-refractivity contribution in [2.45, 2.75) is 0 Å². The molecule has 0 aliphatic carbocycles. The lowest BCUT2D eigenvalue weighted by Crippen LogP contribution is -1.81. The van der Waals surface area contributed by atoms with E-state index < -0.39 is 0 Å². The summed E-state index contributed by atoms with van der Waals surface area (Å²) >= 11 is 15.0. The summed E-state index contributed by atoms with van der Waals surface area (Å²) in [5, 5.41) is 2.12. The van der Waals surface area contributed by atoms with Gasteiger partial charge >= 0.3 is 0 Å². The van der Waals surface area contributed by atoms with E-state index in [-0.39, 0.29) is 0 Å². The molecule has 4 heteroatoms. The van der Waals surface area contributed by atoms with E-state index in [0.29, 0.717) is 10.2 Å². The molecule has 0 fully saturated rings. The van der Waals surface area contributed by atoms with Gasteiger partial charge in [0.2, 0.25) is 0 Å². The van der Waals surface area contributed by atoms with Crippen LogP contribution in [0.15, 0.2) is 28.7 Å². The molecule has 1 aromatic heterocycles. The molecule has 0 aliphatic rings. The molecule has 0 atom stereocenters. The Labute approximate surface area is 93.8 Å². The van der Waals surface area contributed by atoms with Crippen molar-refractivity contribution < 1.29 is 0 Å². The molecule has 1 nitrogen and oxygen atoms in total. The quantitative estimate of drug-likeness (QED) is 0.654. The highest BCUT2D eigenvalue weighted by Gasteiger charge is 2.04. The van der Waals surface area contributed by atoms with Gasteiger partial charge in [-0.1, -0.05) is 29.3 Å². The average molecular weight is 277 g/mol. The summed E-state index contributed by atoms with van der Waals surface area (Å²) in [5.74, 6) is 0. The van der Waals surface area contributed by atoms with E-state index in [4.69, 9.17) is 23.2 Å². The molecule has 2 aromatic rings. The minimum absolute atomic E-state index is 0.468. The van der Waals surface area contributed by atoms with Gasteiger partial charge in [0, 0.05) is 5.39 Å². The van der Waals surface area contributed by atoms with Gasteiger partial charge in [-0.15, -0.1) is 0 Å². The van der Waals surface area contributed by atoms with E-state index in [0.717, 1.165) is 15.4 Å². The van der Waals surface area contributed by atoms with E-state index in [1.54, 1.807) is 6.07 Å². The number of benzene rings is 1. The van der Waals surface area contributed by atoms with Crippen LogP contribution in [0.4, 0.5) is 0 Å². The summed E-state index contributed by atoms with van der Waals surface area (Å²) in [4.78, 5) is 4.17. The van der Waals surface area contributed by atoms with Gasteiger partial charge in [-0.2, -0.15) is 0 Å². The maximum atomic E-state index is 5.91. The first kappa shape index (κ1) is 9.25. The number of nitrogens with zero attached hydrogens (tertiary/aromatic N) is 1. The maximum absolute atomic E-state index is 5.91. The Bertz CT molecular complexity index is 465. The molecule has 0 unspecified atom stereocenters. The zero-order chi connectivity index (χ0) is 9.42. The molecule has 0 N–H and O–H groups in total. The Kier molecular flexibility index (Phi) is 2.45. The van der Waals surface area contributed by atoms with Crippen LogP contribution in [0, 0.1) is 0 Å².